The van der Waals surface area contributed by atoms with Gasteiger partial charge in [-0.1, -0.05) is 0 Å². The molecular weight excluding hydrogens is 342 g/mol. The molecule has 134 valence electrons. The SMILES string of the molecule is CCOc1ccc(NC(=O)N2CCS(=O)(=O)CC2)cc1-n1cccc1. The maximum absolute atomic E-state index is 12.4. The number of rotatable bonds is 4. The zero-order valence-electron chi connectivity index (χ0n) is 14.0. The molecular formula is C17H21N3O4S. The van der Waals surface area contributed by atoms with Gasteiger partial charge in [0.2, 0.25) is 0 Å². The Morgan fingerprint density at radius 1 is 1.20 bits per heavy atom. The molecule has 8 heteroatoms. The van der Waals surface area contributed by atoms with Crippen LogP contribution in [0.2, 0.25) is 0 Å². The topological polar surface area (TPSA) is 80.6 Å². The molecule has 0 unspecified atom stereocenters. The van der Waals surface area contributed by atoms with Crippen molar-refractivity contribution in [3.8, 4) is 11.4 Å². The predicted octanol–water partition coefficient (Wildman–Crippen LogP) is 2.14. The number of amides is 2. The molecule has 0 atom stereocenters. The van der Waals surface area contributed by atoms with Gasteiger partial charge in [0.25, 0.3) is 0 Å². The zero-order chi connectivity index (χ0) is 17.9. The maximum atomic E-state index is 12.4. The summed E-state index contributed by atoms with van der Waals surface area (Å²) in [5.41, 5.74) is 1.46. The van der Waals surface area contributed by atoms with Crippen molar-refractivity contribution < 1.29 is 17.9 Å². The van der Waals surface area contributed by atoms with Crippen LogP contribution in [0.1, 0.15) is 6.92 Å². The van der Waals surface area contributed by atoms with E-state index in [2.05, 4.69) is 5.32 Å². The first-order valence-corrected chi connectivity index (χ1v) is 9.97. The number of carbonyl (C=O) groups excluding carboxylic acids is 1. The molecule has 1 N–H and O–H groups in total. The van der Waals surface area contributed by atoms with Gasteiger partial charge in [-0.3, -0.25) is 0 Å². The lowest BCUT2D eigenvalue weighted by Crippen LogP contribution is -2.45. The number of benzene rings is 1. The highest BCUT2D eigenvalue weighted by Gasteiger charge is 2.25. The average Bonchev–Trinajstić information content (AvgIpc) is 3.10. The van der Waals surface area contributed by atoms with E-state index in [-0.39, 0.29) is 30.6 Å². The summed E-state index contributed by atoms with van der Waals surface area (Å²) in [5, 5.41) is 2.83. The maximum Gasteiger partial charge on any atom is 0.321 e. The van der Waals surface area contributed by atoms with Gasteiger partial charge in [0.05, 0.1) is 23.8 Å². The second kappa shape index (κ2) is 7.18. The molecule has 0 radical (unpaired) electrons. The van der Waals surface area contributed by atoms with Gasteiger partial charge in [-0.15, -0.1) is 0 Å². The van der Waals surface area contributed by atoms with Crippen LogP contribution in [0, 0.1) is 0 Å². The van der Waals surface area contributed by atoms with Crippen LogP contribution >= 0.6 is 0 Å². The Morgan fingerprint density at radius 2 is 1.88 bits per heavy atom. The number of nitrogens with zero attached hydrogens (tertiary/aromatic N) is 2. The minimum atomic E-state index is -3.01. The zero-order valence-corrected chi connectivity index (χ0v) is 14.8. The van der Waals surface area contributed by atoms with E-state index in [1.165, 1.54) is 4.90 Å². The molecule has 2 aromatic rings. The van der Waals surface area contributed by atoms with E-state index in [0.717, 1.165) is 11.4 Å². The van der Waals surface area contributed by atoms with Gasteiger partial charge in [-0.2, -0.15) is 0 Å². The molecule has 0 spiro atoms. The third-order valence-electron chi connectivity index (χ3n) is 4.02. The minimum Gasteiger partial charge on any atom is -0.492 e. The quantitative estimate of drug-likeness (QED) is 0.902. The third kappa shape index (κ3) is 4.14. The number of sulfone groups is 1. The van der Waals surface area contributed by atoms with Crippen LogP contribution in [0.5, 0.6) is 5.75 Å². The summed E-state index contributed by atoms with van der Waals surface area (Å²) in [4.78, 5) is 13.9. The summed E-state index contributed by atoms with van der Waals surface area (Å²) >= 11 is 0. The van der Waals surface area contributed by atoms with Crippen LogP contribution in [0.3, 0.4) is 0 Å². The van der Waals surface area contributed by atoms with E-state index >= 15 is 0 Å². The number of urea groups is 1. The van der Waals surface area contributed by atoms with Crippen LogP contribution in [-0.2, 0) is 9.84 Å². The van der Waals surface area contributed by atoms with Crippen LogP contribution in [-0.4, -0.2) is 55.1 Å². The second-order valence-corrected chi connectivity index (χ2v) is 8.08. The Bertz CT molecular complexity index is 833. The molecule has 25 heavy (non-hydrogen) atoms. The molecule has 2 heterocycles. The number of ether oxygens (including phenoxy) is 1. The monoisotopic (exact) mass is 363 g/mol. The summed E-state index contributed by atoms with van der Waals surface area (Å²) in [6.07, 6.45) is 3.80. The van der Waals surface area contributed by atoms with Crippen LogP contribution < -0.4 is 10.1 Å². The van der Waals surface area contributed by atoms with Crippen molar-refractivity contribution in [3.05, 3.63) is 42.7 Å². The van der Waals surface area contributed by atoms with Crippen LogP contribution in [0.25, 0.3) is 5.69 Å². The van der Waals surface area contributed by atoms with Gasteiger partial charge < -0.3 is 19.5 Å². The van der Waals surface area contributed by atoms with Gasteiger partial charge in [-0.25, -0.2) is 13.2 Å². The Morgan fingerprint density at radius 3 is 2.52 bits per heavy atom. The normalized spacial score (nSPS) is 16.4. The standard InChI is InChI=1S/C17H21N3O4S/c1-2-24-16-6-5-14(13-15(16)19-7-3-4-8-19)18-17(21)20-9-11-25(22,23)12-10-20/h3-8,13H,2,9-12H2,1H3,(H,18,21). The number of nitrogens with one attached hydrogen (secondary N) is 1. The van der Waals surface area contributed by atoms with Gasteiger partial charge in [-0.05, 0) is 37.3 Å². The highest BCUT2D eigenvalue weighted by atomic mass is 32.2. The molecule has 2 amide bonds. The van der Waals surface area contributed by atoms with E-state index in [4.69, 9.17) is 4.74 Å². The van der Waals surface area contributed by atoms with Crippen molar-refractivity contribution in [2.45, 2.75) is 6.92 Å². The molecule has 1 aromatic heterocycles. The van der Waals surface area contributed by atoms with E-state index in [9.17, 15) is 13.2 Å². The van der Waals surface area contributed by atoms with Gasteiger partial charge >= 0.3 is 6.03 Å². The third-order valence-corrected chi connectivity index (χ3v) is 5.63. The molecule has 1 aromatic carbocycles. The molecule has 7 nitrogen and oxygen atoms in total. The van der Waals surface area contributed by atoms with E-state index in [1.807, 2.05) is 48.1 Å². The summed E-state index contributed by atoms with van der Waals surface area (Å²) < 4.78 is 30.5. The number of carbonyl (C=O) groups is 1. The number of hydrogen-bond acceptors (Lipinski definition) is 4. The highest BCUT2D eigenvalue weighted by molar-refractivity contribution is 7.91. The lowest BCUT2D eigenvalue weighted by molar-refractivity contribution is 0.216. The fourth-order valence-corrected chi connectivity index (χ4v) is 3.89. The Kier molecular flexibility index (Phi) is 4.98. The van der Waals surface area contributed by atoms with Crippen LogP contribution in [0.4, 0.5) is 10.5 Å². The van der Waals surface area contributed by atoms with Crippen molar-refractivity contribution in [1.29, 1.82) is 0 Å². The molecule has 1 aliphatic rings. The summed E-state index contributed by atoms with van der Waals surface area (Å²) in [6.45, 7) is 2.90. The lowest BCUT2D eigenvalue weighted by atomic mass is 10.2. The van der Waals surface area contributed by atoms with E-state index in [1.54, 1.807) is 6.07 Å². The fraction of sp³-hybridized carbons (Fsp3) is 0.353. The predicted molar refractivity (Wildman–Crippen MR) is 96.2 cm³/mol. The molecule has 1 saturated heterocycles. The van der Waals surface area contributed by atoms with Crippen molar-refractivity contribution in [2.75, 3.05) is 36.5 Å². The van der Waals surface area contributed by atoms with Gasteiger partial charge in [0.1, 0.15) is 5.75 Å². The first-order chi connectivity index (χ1) is 12.0. The van der Waals surface area contributed by atoms with Crippen molar-refractivity contribution >= 4 is 21.6 Å². The number of anilines is 1. The Labute approximate surface area is 147 Å². The molecule has 0 aliphatic carbocycles. The van der Waals surface area contributed by atoms with Crippen molar-refractivity contribution in [1.82, 2.24) is 9.47 Å². The lowest BCUT2D eigenvalue weighted by Gasteiger charge is -2.27. The second-order valence-electron chi connectivity index (χ2n) is 5.77. The average molecular weight is 363 g/mol. The summed E-state index contributed by atoms with van der Waals surface area (Å²) in [5.74, 6) is 0.747. The molecule has 3 rings (SSSR count). The summed E-state index contributed by atoms with van der Waals surface area (Å²) in [6, 6.07) is 8.96. The highest BCUT2D eigenvalue weighted by Crippen LogP contribution is 2.27. The molecule has 1 fully saturated rings. The Balaban J connectivity index is 1.76. The van der Waals surface area contributed by atoms with Crippen LogP contribution in [0.15, 0.2) is 42.7 Å². The number of aromatic nitrogens is 1. The first kappa shape index (κ1) is 17.3. The van der Waals surface area contributed by atoms with E-state index < -0.39 is 9.84 Å². The molecule has 1 aliphatic heterocycles. The smallest absolute Gasteiger partial charge is 0.321 e. The van der Waals surface area contributed by atoms with E-state index in [0.29, 0.717) is 12.3 Å². The minimum absolute atomic E-state index is 0.0122. The number of hydrogen-bond donors (Lipinski definition) is 1. The Hall–Kier alpha value is -2.48. The first-order valence-electron chi connectivity index (χ1n) is 8.15. The largest absolute Gasteiger partial charge is 0.492 e. The molecule has 0 saturated carbocycles. The fourth-order valence-electron chi connectivity index (χ4n) is 2.69. The molecule has 0 bridgehead atoms. The summed E-state index contributed by atoms with van der Waals surface area (Å²) in [7, 11) is -3.01. The van der Waals surface area contributed by atoms with Crippen molar-refractivity contribution in [2.24, 2.45) is 0 Å². The van der Waals surface area contributed by atoms with Gasteiger partial charge in [0.15, 0.2) is 9.84 Å². The van der Waals surface area contributed by atoms with Gasteiger partial charge in [0, 0.05) is 31.2 Å². The van der Waals surface area contributed by atoms with Crippen molar-refractivity contribution in [3.63, 3.8) is 0 Å².